The summed E-state index contributed by atoms with van der Waals surface area (Å²) in [7, 11) is 0. The molecule has 0 N–H and O–H groups in total. The van der Waals surface area contributed by atoms with E-state index in [-0.39, 0.29) is 28.5 Å². The Bertz CT molecular complexity index is 4090. The van der Waals surface area contributed by atoms with Gasteiger partial charge in [-0.05, 0) is 126 Å². The molecule has 0 fully saturated rings. The number of hydrogen-bond donors (Lipinski definition) is 0. The molecule has 5 heterocycles. The molecule has 2 aliphatic heterocycles. The van der Waals surface area contributed by atoms with E-state index < -0.39 is 0 Å². The number of thiophene rings is 1. The van der Waals surface area contributed by atoms with Crippen LogP contribution in [0.25, 0.3) is 90.7 Å². The number of anilines is 2. The lowest BCUT2D eigenvalue weighted by atomic mass is 9.43. The highest BCUT2D eigenvalue weighted by atomic mass is 32.1. The quantitative estimate of drug-likeness (QED) is 0.161. The van der Waals surface area contributed by atoms with Crippen molar-refractivity contribution in [3.05, 3.63) is 167 Å². The smallest absolute Gasteiger partial charge is 0.333 e. The summed E-state index contributed by atoms with van der Waals surface area (Å²) in [5.74, 6) is 0. The maximum absolute atomic E-state index is 5.46. The normalized spacial score (nSPS) is 14.8. The molecule has 0 saturated heterocycles. The molecular weight excluding hydrogens is 886 g/mol. The zero-order chi connectivity index (χ0) is 48.1. The molecule has 3 nitrogen and oxygen atoms in total. The van der Waals surface area contributed by atoms with E-state index in [1.807, 2.05) is 11.3 Å². The van der Waals surface area contributed by atoms with Crippen molar-refractivity contribution in [1.82, 2.24) is 9.55 Å². The van der Waals surface area contributed by atoms with Gasteiger partial charge in [-0.2, -0.15) is 0 Å². The first-order valence-corrected chi connectivity index (χ1v) is 26.7. The van der Waals surface area contributed by atoms with Crippen LogP contribution in [0.15, 0.2) is 140 Å². The Balaban J connectivity index is 1.19. The van der Waals surface area contributed by atoms with Crippen molar-refractivity contribution >= 4 is 104 Å². The van der Waals surface area contributed by atoms with Crippen molar-refractivity contribution < 1.29 is 0 Å². The Kier molecular flexibility index (Phi) is 8.42. The number of aromatic nitrogens is 2. The van der Waals surface area contributed by atoms with E-state index in [0.29, 0.717) is 0 Å². The minimum Gasteiger partial charge on any atom is -0.376 e. The molecule has 1 aliphatic carbocycles. The standard InChI is InChI=1S/C64H56BN3S2/c1-61(2,3)36-21-25-39(26-22-36)68-50-32-46-42(41-29-37(62(4,5)6)23-27-45(41)64(46,10)11)31-44(50)54-55-40-19-15-16-20-52(40)69-59(55)56-43-30-38(63(7,8)9)24-28-49(43)67-51-34-53-48(33-47(51)65(68)57(54)58(56)67)66-60(70-53)35-17-13-12-14-18-35/h12-34H,1-11H3. The van der Waals surface area contributed by atoms with Gasteiger partial charge in [-0.15, -0.1) is 22.7 Å². The number of fused-ring (bicyclic) bond motifs is 17. The zero-order valence-corrected chi connectivity index (χ0v) is 43.6. The summed E-state index contributed by atoms with van der Waals surface area (Å²) in [6.45, 7) is 25.8. The van der Waals surface area contributed by atoms with Gasteiger partial charge in [-0.3, -0.25) is 0 Å². The van der Waals surface area contributed by atoms with Crippen LogP contribution >= 0.6 is 22.7 Å². The van der Waals surface area contributed by atoms with Crippen molar-refractivity contribution in [2.45, 2.75) is 97.8 Å². The Morgan fingerprint density at radius 3 is 1.96 bits per heavy atom. The first-order chi connectivity index (χ1) is 33.4. The van der Waals surface area contributed by atoms with Crippen LogP contribution in [-0.2, 0) is 21.7 Å². The summed E-state index contributed by atoms with van der Waals surface area (Å²) < 4.78 is 6.58. The fraction of sp³-hybridized carbons (Fsp3) is 0.234. The van der Waals surface area contributed by atoms with Gasteiger partial charge in [0, 0.05) is 64.5 Å². The molecule has 11 aromatic rings. The van der Waals surface area contributed by atoms with Crippen LogP contribution in [0.5, 0.6) is 0 Å². The Morgan fingerprint density at radius 1 is 0.543 bits per heavy atom. The molecule has 0 bridgehead atoms. The largest absolute Gasteiger partial charge is 0.376 e. The Hall–Kier alpha value is -6.47. The highest BCUT2D eigenvalue weighted by Crippen LogP contribution is 2.58. The fourth-order valence-electron chi connectivity index (χ4n) is 12.5. The third-order valence-electron chi connectivity index (χ3n) is 16.3. The number of thiazole rings is 1. The minimum absolute atomic E-state index is 0.0161. The summed E-state index contributed by atoms with van der Waals surface area (Å²) in [5, 5.41) is 6.46. The van der Waals surface area contributed by atoms with E-state index in [9.17, 15) is 0 Å². The lowest BCUT2D eigenvalue weighted by molar-refractivity contribution is 0.589. The number of nitrogens with zero attached hydrogens (tertiary/aromatic N) is 3. The molecule has 0 radical (unpaired) electrons. The van der Waals surface area contributed by atoms with Crippen molar-refractivity contribution in [2.75, 3.05) is 4.81 Å². The van der Waals surface area contributed by atoms with Crippen molar-refractivity contribution in [3.63, 3.8) is 0 Å². The Labute approximate surface area is 419 Å². The van der Waals surface area contributed by atoms with Crippen LogP contribution < -0.4 is 15.7 Å². The van der Waals surface area contributed by atoms with Crippen molar-refractivity contribution in [1.29, 1.82) is 0 Å². The highest BCUT2D eigenvalue weighted by Gasteiger charge is 2.48. The zero-order valence-electron chi connectivity index (χ0n) is 42.0. The van der Waals surface area contributed by atoms with Crippen LogP contribution in [0.3, 0.4) is 0 Å². The van der Waals surface area contributed by atoms with E-state index >= 15 is 0 Å². The molecule has 0 spiro atoms. The van der Waals surface area contributed by atoms with Gasteiger partial charge < -0.3 is 9.38 Å². The summed E-state index contributed by atoms with van der Waals surface area (Å²) in [5.41, 5.74) is 23.2. The van der Waals surface area contributed by atoms with Crippen molar-refractivity contribution in [3.8, 4) is 38.5 Å². The highest BCUT2D eigenvalue weighted by molar-refractivity contribution is 7.27. The SMILES string of the molecule is CC(C)(C)c1ccc(N2B3c4cc5nc(-c6ccccc6)sc5cc4-n4c5ccc(C(C)(C)C)cc5c5c6sc7ccccc7c6c(c3c54)-c3cc4c(cc32)C(C)(C)c2ccc(C(C)(C)C)cc2-4)cc1. The van der Waals surface area contributed by atoms with Gasteiger partial charge in [0.15, 0.2) is 0 Å². The third kappa shape index (κ3) is 5.72. The molecule has 3 aromatic heterocycles. The number of hydrogen-bond acceptors (Lipinski definition) is 4. The van der Waals surface area contributed by atoms with Gasteiger partial charge in [0.25, 0.3) is 0 Å². The second-order valence-corrected chi connectivity index (χ2v) is 26.1. The monoisotopic (exact) mass is 941 g/mol. The number of rotatable bonds is 2. The first kappa shape index (κ1) is 42.4. The van der Waals surface area contributed by atoms with Gasteiger partial charge in [0.1, 0.15) is 5.01 Å². The molecule has 342 valence electrons. The van der Waals surface area contributed by atoms with Gasteiger partial charge in [0.2, 0.25) is 0 Å². The second kappa shape index (κ2) is 13.9. The molecule has 6 heteroatoms. The second-order valence-electron chi connectivity index (χ2n) is 24.0. The van der Waals surface area contributed by atoms with E-state index in [4.69, 9.17) is 4.98 Å². The molecule has 0 saturated carbocycles. The summed E-state index contributed by atoms with van der Waals surface area (Å²) >= 11 is 3.78. The van der Waals surface area contributed by atoms with Crippen LogP contribution in [-0.4, -0.2) is 16.4 Å². The van der Waals surface area contributed by atoms with Crippen LogP contribution in [0.1, 0.15) is 104 Å². The van der Waals surface area contributed by atoms with E-state index in [1.54, 1.807) is 11.3 Å². The predicted molar refractivity (Wildman–Crippen MR) is 305 cm³/mol. The molecule has 0 unspecified atom stereocenters. The minimum atomic E-state index is -0.200. The van der Waals surface area contributed by atoms with Crippen LogP contribution in [0, 0.1) is 0 Å². The summed E-state index contributed by atoms with van der Waals surface area (Å²) in [6, 6.07) is 54.3. The molecule has 3 aliphatic rings. The molecular formula is C64H56BN3S2. The van der Waals surface area contributed by atoms with Gasteiger partial charge in [-0.1, -0.05) is 161 Å². The van der Waals surface area contributed by atoms with Gasteiger partial charge in [-0.25, -0.2) is 4.98 Å². The maximum atomic E-state index is 5.46. The van der Waals surface area contributed by atoms with Crippen LogP contribution in [0.2, 0.25) is 0 Å². The van der Waals surface area contributed by atoms with Gasteiger partial charge in [0.05, 0.1) is 21.3 Å². The average Bonchev–Trinajstić information content (AvgIpc) is 4.08. The third-order valence-corrected chi connectivity index (χ3v) is 18.5. The molecule has 8 aromatic carbocycles. The lowest BCUT2D eigenvalue weighted by Crippen LogP contribution is -2.60. The predicted octanol–water partition coefficient (Wildman–Crippen LogP) is 16.9. The molecule has 70 heavy (non-hydrogen) atoms. The topological polar surface area (TPSA) is 21.1 Å². The number of benzene rings is 8. The van der Waals surface area contributed by atoms with Gasteiger partial charge >= 0.3 is 6.85 Å². The maximum Gasteiger partial charge on any atom is 0.333 e. The van der Waals surface area contributed by atoms with E-state index in [0.717, 1.165) is 16.1 Å². The fourth-order valence-corrected chi connectivity index (χ4v) is 14.7. The first-order valence-electron chi connectivity index (χ1n) is 25.1. The van der Waals surface area contributed by atoms with Crippen molar-refractivity contribution in [2.24, 2.45) is 0 Å². The molecule has 0 amide bonds. The molecule has 0 atom stereocenters. The van der Waals surface area contributed by atoms with E-state index in [1.165, 1.54) is 125 Å². The summed E-state index contributed by atoms with van der Waals surface area (Å²) in [6.07, 6.45) is 0. The Morgan fingerprint density at radius 2 is 1.21 bits per heavy atom. The van der Waals surface area contributed by atoms with E-state index in [2.05, 4.69) is 225 Å². The average molecular weight is 942 g/mol. The summed E-state index contributed by atoms with van der Waals surface area (Å²) in [4.78, 5) is 8.20. The molecule has 14 rings (SSSR count). The van der Waals surface area contributed by atoms with Crippen LogP contribution in [0.4, 0.5) is 11.4 Å². The lowest BCUT2D eigenvalue weighted by Gasteiger charge is -2.43.